The van der Waals surface area contributed by atoms with E-state index < -0.39 is 0 Å². The zero-order valence-corrected chi connectivity index (χ0v) is 7.90. The lowest BCUT2D eigenvalue weighted by atomic mass is 9.76. The third-order valence-corrected chi connectivity index (χ3v) is 2.94. The van der Waals surface area contributed by atoms with Crippen molar-refractivity contribution in [3.8, 4) is 0 Å². The van der Waals surface area contributed by atoms with Crippen molar-refractivity contribution in [1.82, 2.24) is 0 Å². The Morgan fingerprint density at radius 2 is 2.27 bits per heavy atom. The SMILES string of the molecule is C=C1CCC(CCC)C(C)C1. The second-order valence-electron chi connectivity index (χ2n) is 4.02. The minimum atomic E-state index is 0.899. The molecule has 0 nitrogen and oxygen atoms in total. The molecular formula is C11H20. The summed E-state index contributed by atoms with van der Waals surface area (Å²) in [4.78, 5) is 0. The highest BCUT2D eigenvalue weighted by Crippen LogP contribution is 2.34. The maximum Gasteiger partial charge on any atom is -0.0294 e. The lowest BCUT2D eigenvalue weighted by Gasteiger charge is -2.29. The Labute approximate surface area is 70.7 Å². The Morgan fingerprint density at radius 3 is 2.82 bits per heavy atom. The topological polar surface area (TPSA) is 0 Å². The molecule has 0 N–H and O–H groups in total. The van der Waals surface area contributed by atoms with Crippen LogP contribution in [0, 0.1) is 11.8 Å². The van der Waals surface area contributed by atoms with Crippen LogP contribution in [0.15, 0.2) is 12.2 Å². The Hall–Kier alpha value is -0.260. The van der Waals surface area contributed by atoms with Crippen molar-refractivity contribution in [3.63, 3.8) is 0 Å². The largest absolute Gasteiger partial charge is 0.0999 e. The van der Waals surface area contributed by atoms with E-state index in [4.69, 9.17) is 0 Å². The molecule has 0 heterocycles. The van der Waals surface area contributed by atoms with Crippen molar-refractivity contribution >= 4 is 0 Å². The van der Waals surface area contributed by atoms with Gasteiger partial charge in [-0.1, -0.05) is 38.8 Å². The van der Waals surface area contributed by atoms with E-state index in [1.807, 2.05) is 0 Å². The molecule has 64 valence electrons. The molecule has 1 aliphatic carbocycles. The standard InChI is InChI=1S/C11H20/c1-4-5-11-7-6-9(2)8-10(11)3/h10-11H,2,4-8H2,1,3H3. The van der Waals surface area contributed by atoms with Crippen LogP contribution < -0.4 is 0 Å². The predicted octanol–water partition coefficient (Wildman–Crippen LogP) is 3.78. The van der Waals surface area contributed by atoms with Crippen LogP contribution in [0.1, 0.15) is 46.0 Å². The van der Waals surface area contributed by atoms with E-state index >= 15 is 0 Å². The average Bonchev–Trinajstić information content (AvgIpc) is 1.95. The molecule has 1 rings (SSSR count). The van der Waals surface area contributed by atoms with Crippen LogP contribution in [0.2, 0.25) is 0 Å². The first-order valence-electron chi connectivity index (χ1n) is 4.90. The highest BCUT2D eigenvalue weighted by molar-refractivity contribution is 5.00. The molecule has 0 bridgehead atoms. The second-order valence-corrected chi connectivity index (χ2v) is 4.02. The van der Waals surface area contributed by atoms with E-state index in [1.54, 1.807) is 0 Å². The number of hydrogen-bond acceptors (Lipinski definition) is 0. The van der Waals surface area contributed by atoms with E-state index in [9.17, 15) is 0 Å². The fourth-order valence-corrected chi connectivity index (χ4v) is 2.20. The predicted molar refractivity (Wildman–Crippen MR) is 50.6 cm³/mol. The summed E-state index contributed by atoms with van der Waals surface area (Å²) in [6.45, 7) is 8.73. The zero-order chi connectivity index (χ0) is 8.27. The molecule has 0 aliphatic heterocycles. The summed E-state index contributed by atoms with van der Waals surface area (Å²) >= 11 is 0. The molecule has 0 aromatic heterocycles. The van der Waals surface area contributed by atoms with E-state index in [0.29, 0.717) is 0 Å². The summed E-state index contributed by atoms with van der Waals surface area (Å²) in [5.74, 6) is 1.89. The fourth-order valence-electron chi connectivity index (χ4n) is 2.20. The third-order valence-electron chi connectivity index (χ3n) is 2.94. The van der Waals surface area contributed by atoms with Crippen molar-refractivity contribution in [2.24, 2.45) is 11.8 Å². The van der Waals surface area contributed by atoms with Gasteiger partial charge in [-0.2, -0.15) is 0 Å². The van der Waals surface area contributed by atoms with Crippen molar-refractivity contribution in [2.75, 3.05) is 0 Å². The van der Waals surface area contributed by atoms with Crippen LogP contribution in [-0.2, 0) is 0 Å². The Balaban J connectivity index is 2.37. The summed E-state index contributed by atoms with van der Waals surface area (Å²) < 4.78 is 0. The quantitative estimate of drug-likeness (QED) is 0.528. The normalized spacial score (nSPS) is 32.4. The monoisotopic (exact) mass is 152 g/mol. The summed E-state index contributed by atoms with van der Waals surface area (Å²) in [7, 11) is 0. The summed E-state index contributed by atoms with van der Waals surface area (Å²) in [6.07, 6.45) is 6.74. The Morgan fingerprint density at radius 1 is 1.55 bits per heavy atom. The van der Waals surface area contributed by atoms with Crippen molar-refractivity contribution in [1.29, 1.82) is 0 Å². The van der Waals surface area contributed by atoms with Gasteiger partial charge in [-0.05, 0) is 31.1 Å². The van der Waals surface area contributed by atoms with Gasteiger partial charge in [0.15, 0.2) is 0 Å². The highest BCUT2D eigenvalue weighted by Gasteiger charge is 2.21. The van der Waals surface area contributed by atoms with Gasteiger partial charge in [0, 0.05) is 0 Å². The molecule has 2 atom stereocenters. The van der Waals surface area contributed by atoms with Crippen LogP contribution in [0.3, 0.4) is 0 Å². The van der Waals surface area contributed by atoms with Crippen molar-refractivity contribution in [3.05, 3.63) is 12.2 Å². The highest BCUT2D eigenvalue weighted by atomic mass is 14.3. The van der Waals surface area contributed by atoms with Crippen molar-refractivity contribution < 1.29 is 0 Å². The zero-order valence-electron chi connectivity index (χ0n) is 7.90. The van der Waals surface area contributed by atoms with Gasteiger partial charge in [-0.25, -0.2) is 0 Å². The van der Waals surface area contributed by atoms with Gasteiger partial charge in [0.2, 0.25) is 0 Å². The Kier molecular flexibility index (Phi) is 3.16. The first kappa shape index (κ1) is 8.83. The second kappa shape index (κ2) is 3.94. The smallest absolute Gasteiger partial charge is 0.0294 e. The minimum Gasteiger partial charge on any atom is -0.0999 e. The molecule has 0 amide bonds. The summed E-state index contributed by atoms with van der Waals surface area (Å²) in [5.41, 5.74) is 1.48. The summed E-state index contributed by atoms with van der Waals surface area (Å²) in [5, 5.41) is 0. The van der Waals surface area contributed by atoms with E-state index in [-0.39, 0.29) is 0 Å². The van der Waals surface area contributed by atoms with Crippen LogP contribution >= 0.6 is 0 Å². The minimum absolute atomic E-state index is 0.899. The lowest BCUT2D eigenvalue weighted by molar-refractivity contribution is 0.279. The van der Waals surface area contributed by atoms with Crippen molar-refractivity contribution in [2.45, 2.75) is 46.0 Å². The van der Waals surface area contributed by atoms with Crippen LogP contribution in [-0.4, -0.2) is 0 Å². The molecule has 0 aromatic carbocycles. The van der Waals surface area contributed by atoms with E-state index in [1.165, 1.54) is 37.7 Å². The Bertz CT molecular complexity index is 135. The molecule has 0 radical (unpaired) electrons. The molecule has 11 heavy (non-hydrogen) atoms. The molecule has 1 aliphatic rings. The van der Waals surface area contributed by atoms with Gasteiger partial charge in [0.05, 0.1) is 0 Å². The molecular weight excluding hydrogens is 132 g/mol. The molecule has 1 saturated carbocycles. The maximum atomic E-state index is 4.06. The third kappa shape index (κ3) is 2.36. The van der Waals surface area contributed by atoms with Gasteiger partial charge >= 0.3 is 0 Å². The maximum absolute atomic E-state index is 4.06. The fraction of sp³-hybridized carbons (Fsp3) is 0.818. The van der Waals surface area contributed by atoms with Crippen LogP contribution in [0.4, 0.5) is 0 Å². The van der Waals surface area contributed by atoms with E-state index in [0.717, 1.165) is 11.8 Å². The van der Waals surface area contributed by atoms with Gasteiger partial charge in [0.1, 0.15) is 0 Å². The molecule has 0 heteroatoms. The average molecular weight is 152 g/mol. The molecule has 0 aromatic rings. The number of allylic oxidation sites excluding steroid dienone is 1. The van der Waals surface area contributed by atoms with Gasteiger partial charge in [0.25, 0.3) is 0 Å². The van der Waals surface area contributed by atoms with E-state index in [2.05, 4.69) is 20.4 Å². The number of rotatable bonds is 2. The molecule has 2 unspecified atom stereocenters. The first-order chi connectivity index (χ1) is 5.24. The van der Waals surface area contributed by atoms with Crippen LogP contribution in [0.5, 0.6) is 0 Å². The lowest BCUT2D eigenvalue weighted by Crippen LogP contribution is -2.17. The molecule has 0 saturated heterocycles. The molecule has 0 spiro atoms. The summed E-state index contributed by atoms with van der Waals surface area (Å²) in [6, 6.07) is 0. The number of hydrogen-bond donors (Lipinski definition) is 0. The first-order valence-corrected chi connectivity index (χ1v) is 4.90. The molecule has 1 fully saturated rings. The van der Waals surface area contributed by atoms with Gasteiger partial charge in [-0.3, -0.25) is 0 Å². The van der Waals surface area contributed by atoms with Gasteiger partial charge < -0.3 is 0 Å². The van der Waals surface area contributed by atoms with Gasteiger partial charge in [-0.15, -0.1) is 0 Å². The van der Waals surface area contributed by atoms with Crippen LogP contribution in [0.25, 0.3) is 0 Å².